The summed E-state index contributed by atoms with van der Waals surface area (Å²) in [5.74, 6) is 1.15. The molecular weight excluding hydrogens is 332 g/mol. The maximum absolute atomic E-state index is 12.6. The molecule has 0 unspecified atom stereocenters. The number of benzene rings is 2. The molecule has 6 nitrogen and oxygen atoms in total. The summed E-state index contributed by atoms with van der Waals surface area (Å²) < 4.78 is 10.4. The molecule has 0 radical (unpaired) electrons. The van der Waals surface area contributed by atoms with Crippen molar-refractivity contribution in [1.29, 1.82) is 0 Å². The van der Waals surface area contributed by atoms with Gasteiger partial charge in [-0.15, -0.1) is 0 Å². The number of nitrogens with one attached hydrogen (secondary N) is 1. The first-order chi connectivity index (χ1) is 12.7. The summed E-state index contributed by atoms with van der Waals surface area (Å²) in [6.45, 7) is 1.18. The number of piperidine rings is 1. The zero-order valence-electron chi connectivity index (χ0n) is 14.7. The molecule has 0 saturated carbocycles. The number of ether oxygens (including phenoxy) is 2. The van der Waals surface area contributed by atoms with Crippen molar-refractivity contribution in [3.8, 4) is 11.5 Å². The molecule has 6 heteroatoms. The molecule has 2 aromatic rings. The number of carbonyl (C=O) groups excluding carboxylic acids is 2. The summed E-state index contributed by atoms with van der Waals surface area (Å²) >= 11 is 0. The third-order valence-corrected chi connectivity index (χ3v) is 4.37. The number of hydrogen-bond donors (Lipinski definition) is 1. The number of carbonyl (C=O) groups is 2. The Bertz CT molecular complexity index is 755. The Balaban J connectivity index is 1.49. The SMILES string of the molecule is COc1cccc(C(=O)N2CCC(NC(=O)Oc3ccccc3)CC2)c1. The maximum atomic E-state index is 12.6. The molecule has 1 saturated heterocycles. The molecule has 26 heavy (non-hydrogen) atoms. The maximum Gasteiger partial charge on any atom is 0.412 e. The number of likely N-dealkylation sites (tertiary alicyclic amines) is 1. The summed E-state index contributed by atoms with van der Waals surface area (Å²) in [5.41, 5.74) is 0.610. The fourth-order valence-electron chi connectivity index (χ4n) is 2.96. The van der Waals surface area contributed by atoms with Crippen LogP contribution in [0.3, 0.4) is 0 Å². The van der Waals surface area contributed by atoms with Crippen molar-refractivity contribution in [3.05, 3.63) is 60.2 Å². The number of rotatable bonds is 4. The molecule has 1 aliphatic heterocycles. The highest BCUT2D eigenvalue weighted by Crippen LogP contribution is 2.18. The summed E-state index contributed by atoms with van der Waals surface area (Å²) in [6, 6.07) is 16.1. The fraction of sp³-hybridized carbons (Fsp3) is 0.300. The van der Waals surface area contributed by atoms with Gasteiger partial charge in [-0.1, -0.05) is 24.3 Å². The van der Waals surface area contributed by atoms with Crippen molar-refractivity contribution in [2.24, 2.45) is 0 Å². The normalized spacial score (nSPS) is 14.6. The second kappa shape index (κ2) is 8.38. The van der Waals surface area contributed by atoms with Gasteiger partial charge in [0, 0.05) is 24.7 Å². The van der Waals surface area contributed by atoms with Gasteiger partial charge in [0.05, 0.1) is 7.11 Å². The predicted octanol–water partition coefficient (Wildman–Crippen LogP) is 3.09. The summed E-state index contributed by atoms with van der Waals surface area (Å²) in [7, 11) is 1.58. The number of methoxy groups -OCH3 is 1. The van der Waals surface area contributed by atoms with Gasteiger partial charge in [-0.2, -0.15) is 0 Å². The highest BCUT2D eigenvalue weighted by Gasteiger charge is 2.25. The zero-order valence-corrected chi connectivity index (χ0v) is 14.7. The van der Waals surface area contributed by atoms with Crippen molar-refractivity contribution in [3.63, 3.8) is 0 Å². The lowest BCUT2D eigenvalue weighted by molar-refractivity contribution is 0.0706. The van der Waals surface area contributed by atoms with Gasteiger partial charge in [-0.05, 0) is 43.2 Å². The van der Waals surface area contributed by atoms with Gasteiger partial charge < -0.3 is 19.7 Å². The van der Waals surface area contributed by atoms with Gasteiger partial charge in [0.1, 0.15) is 11.5 Å². The van der Waals surface area contributed by atoms with Gasteiger partial charge >= 0.3 is 6.09 Å². The molecule has 1 aliphatic rings. The van der Waals surface area contributed by atoms with E-state index in [2.05, 4.69) is 5.32 Å². The van der Waals surface area contributed by atoms with Crippen LogP contribution in [-0.2, 0) is 0 Å². The highest BCUT2D eigenvalue weighted by atomic mass is 16.6. The molecule has 1 heterocycles. The molecule has 0 aliphatic carbocycles. The molecule has 3 rings (SSSR count). The van der Waals surface area contributed by atoms with E-state index in [-0.39, 0.29) is 11.9 Å². The molecule has 1 N–H and O–H groups in total. The van der Waals surface area contributed by atoms with Gasteiger partial charge in [-0.25, -0.2) is 4.79 Å². The van der Waals surface area contributed by atoms with Crippen LogP contribution in [0.15, 0.2) is 54.6 Å². The minimum absolute atomic E-state index is 0.000529. The molecule has 0 aromatic heterocycles. The lowest BCUT2D eigenvalue weighted by atomic mass is 10.0. The topological polar surface area (TPSA) is 67.9 Å². The van der Waals surface area contributed by atoms with Crippen molar-refractivity contribution in [2.75, 3.05) is 20.2 Å². The Morgan fingerprint density at radius 1 is 1.00 bits per heavy atom. The Morgan fingerprint density at radius 2 is 1.69 bits per heavy atom. The first-order valence-electron chi connectivity index (χ1n) is 8.62. The van der Waals surface area contributed by atoms with Gasteiger partial charge in [0.15, 0.2) is 0 Å². The first kappa shape index (κ1) is 17.8. The van der Waals surface area contributed by atoms with Crippen LogP contribution < -0.4 is 14.8 Å². The van der Waals surface area contributed by atoms with Gasteiger partial charge in [-0.3, -0.25) is 4.79 Å². The molecule has 0 spiro atoms. The third-order valence-electron chi connectivity index (χ3n) is 4.37. The Labute approximate surface area is 152 Å². The van der Waals surface area contributed by atoms with Gasteiger partial charge in [0.2, 0.25) is 0 Å². The van der Waals surface area contributed by atoms with E-state index in [4.69, 9.17) is 9.47 Å². The number of nitrogens with zero attached hydrogens (tertiary/aromatic N) is 1. The summed E-state index contributed by atoms with van der Waals surface area (Å²) in [5, 5.41) is 2.87. The summed E-state index contributed by atoms with van der Waals surface area (Å²) in [4.78, 5) is 26.4. The van der Waals surface area contributed by atoms with Crippen LogP contribution in [0.5, 0.6) is 11.5 Å². The fourth-order valence-corrected chi connectivity index (χ4v) is 2.96. The minimum Gasteiger partial charge on any atom is -0.497 e. The second-order valence-corrected chi connectivity index (χ2v) is 6.15. The average molecular weight is 354 g/mol. The molecular formula is C20H22N2O4. The number of amides is 2. The largest absolute Gasteiger partial charge is 0.497 e. The zero-order chi connectivity index (χ0) is 18.4. The third kappa shape index (κ3) is 4.53. The molecule has 0 bridgehead atoms. The lowest BCUT2D eigenvalue weighted by Crippen LogP contribution is -2.47. The molecule has 2 amide bonds. The molecule has 136 valence electrons. The van der Waals surface area contributed by atoms with E-state index in [1.807, 2.05) is 24.3 Å². The first-order valence-corrected chi connectivity index (χ1v) is 8.62. The van der Waals surface area contributed by atoms with E-state index in [0.717, 1.165) is 0 Å². The van der Waals surface area contributed by atoms with Crippen LogP contribution in [0, 0.1) is 0 Å². The Morgan fingerprint density at radius 3 is 2.38 bits per heavy atom. The highest BCUT2D eigenvalue weighted by molar-refractivity contribution is 5.94. The van der Waals surface area contributed by atoms with Crippen LogP contribution >= 0.6 is 0 Å². The molecule has 1 fully saturated rings. The smallest absolute Gasteiger partial charge is 0.412 e. The standard InChI is InChI=1S/C20H22N2O4/c1-25-18-9-5-6-15(14-18)19(23)22-12-10-16(11-13-22)21-20(24)26-17-7-3-2-4-8-17/h2-9,14,16H,10-13H2,1H3,(H,21,24). The van der Waals surface area contributed by atoms with Crippen molar-refractivity contribution >= 4 is 12.0 Å². The van der Waals surface area contributed by atoms with Crippen LogP contribution in [0.25, 0.3) is 0 Å². The van der Waals surface area contributed by atoms with Crippen molar-refractivity contribution in [1.82, 2.24) is 10.2 Å². The van der Waals surface area contributed by atoms with Crippen molar-refractivity contribution in [2.45, 2.75) is 18.9 Å². The van der Waals surface area contributed by atoms with E-state index in [1.54, 1.807) is 42.3 Å². The van der Waals surface area contributed by atoms with Crippen LogP contribution in [0.2, 0.25) is 0 Å². The van der Waals surface area contributed by atoms with E-state index < -0.39 is 6.09 Å². The number of hydrogen-bond acceptors (Lipinski definition) is 4. The Hall–Kier alpha value is -3.02. The van der Waals surface area contributed by atoms with E-state index >= 15 is 0 Å². The van der Waals surface area contributed by atoms with E-state index in [1.165, 1.54) is 0 Å². The van der Waals surface area contributed by atoms with Crippen LogP contribution in [-0.4, -0.2) is 43.1 Å². The second-order valence-electron chi connectivity index (χ2n) is 6.15. The van der Waals surface area contributed by atoms with Crippen LogP contribution in [0.1, 0.15) is 23.2 Å². The van der Waals surface area contributed by atoms with E-state index in [9.17, 15) is 9.59 Å². The van der Waals surface area contributed by atoms with Crippen LogP contribution in [0.4, 0.5) is 4.79 Å². The minimum atomic E-state index is -0.464. The van der Waals surface area contributed by atoms with Gasteiger partial charge in [0.25, 0.3) is 5.91 Å². The molecule has 0 atom stereocenters. The quantitative estimate of drug-likeness (QED) is 0.916. The number of para-hydroxylation sites is 1. The average Bonchev–Trinajstić information content (AvgIpc) is 2.69. The monoisotopic (exact) mass is 354 g/mol. The lowest BCUT2D eigenvalue weighted by Gasteiger charge is -2.32. The van der Waals surface area contributed by atoms with Crippen molar-refractivity contribution < 1.29 is 19.1 Å². The Kier molecular flexibility index (Phi) is 5.73. The predicted molar refractivity (Wildman–Crippen MR) is 97.5 cm³/mol. The molecule has 2 aromatic carbocycles. The summed E-state index contributed by atoms with van der Waals surface area (Å²) in [6.07, 6.45) is 0.924. The van der Waals surface area contributed by atoms with E-state index in [0.29, 0.717) is 43.0 Å².